The van der Waals surface area contributed by atoms with Crippen LogP contribution in [0.2, 0.25) is 10.0 Å². The van der Waals surface area contributed by atoms with E-state index in [0.717, 1.165) is 11.1 Å². The van der Waals surface area contributed by atoms with Crippen LogP contribution >= 0.6 is 23.2 Å². The van der Waals surface area contributed by atoms with Gasteiger partial charge in [0.15, 0.2) is 6.10 Å². The lowest BCUT2D eigenvalue weighted by Gasteiger charge is -2.17. The third-order valence-electron chi connectivity index (χ3n) is 3.91. The molecule has 1 atom stereocenters. The lowest BCUT2D eigenvalue weighted by Crippen LogP contribution is -2.29. The molecule has 6 nitrogen and oxygen atoms in total. The molecule has 0 radical (unpaired) electrons. The van der Waals surface area contributed by atoms with Gasteiger partial charge >= 0.3 is 5.97 Å². The van der Waals surface area contributed by atoms with E-state index in [1.807, 2.05) is 0 Å². The summed E-state index contributed by atoms with van der Waals surface area (Å²) in [4.78, 5) is 16.7. The maximum Gasteiger partial charge on any atom is 0.333 e. The summed E-state index contributed by atoms with van der Waals surface area (Å²) in [6.45, 7) is 3.82. The zero-order valence-corrected chi connectivity index (χ0v) is 17.9. The van der Waals surface area contributed by atoms with Crippen molar-refractivity contribution in [3.63, 3.8) is 0 Å². The van der Waals surface area contributed by atoms with Crippen LogP contribution in [0.25, 0.3) is 0 Å². The van der Waals surface area contributed by atoms with Gasteiger partial charge in [0.1, 0.15) is 12.4 Å². The Bertz CT molecular complexity index is 870. The molecule has 156 valence electrons. The molecule has 0 aromatic heterocycles. The van der Waals surface area contributed by atoms with Gasteiger partial charge in [0.05, 0.1) is 29.5 Å². The number of benzene rings is 2. The maximum absolute atomic E-state index is 11.4. The van der Waals surface area contributed by atoms with Gasteiger partial charge in [-0.3, -0.25) is 0 Å². The van der Waals surface area contributed by atoms with Crippen LogP contribution in [0.15, 0.2) is 41.6 Å². The Hall–Kier alpha value is -2.28. The van der Waals surface area contributed by atoms with Gasteiger partial charge in [0, 0.05) is 12.0 Å². The van der Waals surface area contributed by atoms with E-state index in [4.69, 9.17) is 37.5 Å². The lowest BCUT2D eigenvalue weighted by atomic mass is 10.0. The highest BCUT2D eigenvalue weighted by molar-refractivity contribution is 6.42. The van der Waals surface area contributed by atoms with Gasteiger partial charge in [-0.2, -0.15) is 0 Å². The fourth-order valence-electron chi connectivity index (χ4n) is 2.58. The van der Waals surface area contributed by atoms with Gasteiger partial charge in [-0.1, -0.05) is 40.5 Å². The fourth-order valence-corrected chi connectivity index (χ4v) is 2.90. The monoisotopic (exact) mass is 439 g/mol. The number of rotatable bonds is 10. The highest BCUT2D eigenvalue weighted by Gasteiger charge is 2.20. The van der Waals surface area contributed by atoms with Gasteiger partial charge in [0.2, 0.25) is 0 Å². The van der Waals surface area contributed by atoms with E-state index < -0.39 is 12.1 Å². The van der Waals surface area contributed by atoms with Crippen LogP contribution in [0.3, 0.4) is 0 Å². The van der Waals surface area contributed by atoms with E-state index in [2.05, 4.69) is 5.16 Å². The molecule has 2 rings (SSSR count). The number of aliphatic carboxylic acids is 1. The number of halogens is 2. The zero-order valence-electron chi connectivity index (χ0n) is 16.4. The fraction of sp³-hybridized carbons (Fsp3) is 0.333. The molecule has 0 saturated heterocycles. The van der Waals surface area contributed by atoms with Crippen molar-refractivity contribution in [1.29, 1.82) is 0 Å². The first-order chi connectivity index (χ1) is 13.8. The van der Waals surface area contributed by atoms with E-state index in [0.29, 0.717) is 21.4 Å². The summed E-state index contributed by atoms with van der Waals surface area (Å²) < 4.78 is 10.8. The number of hydrogen-bond donors (Lipinski definition) is 1. The first kappa shape index (κ1) is 23.0. The zero-order chi connectivity index (χ0) is 21.4. The van der Waals surface area contributed by atoms with Crippen LogP contribution in [0.5, 0.6) is 5.75 Å². The van der Waals surface area contributed by atoms with Crippen molar-refractivity contribution < 1.29 is 24.2 Å². The molecule has 0 heterocycles. The molecule has 29 heavy (non-hydrogen) atoms. The Balaban J connectivity index is 2.08. The van der Waals surface area contributed by atoms with E-state index in [-0.39, 0.29) is 19.1 Å². The molecule has 0 amide bonds. The van der Waals surface area contributed by atoms with Gasteiger partial charge in [-0.05, 0) is 49.2 Å². The average Bonchev–Trinajstić information content (AvgIpc) is 2.67. The van der Waals surface area contributed by atoms with E-state index >= 15 is 0 Å². The Morgan fingerprint density at radius 1 is 1.14 bits per heavy atom. The van der Waals surface area contributed by atoms with Gasteiger partial charge in [-0.25, -0.2) is 4.79 Å². The molecule has 1 unspecified atom stereocenters. The second-order valence-electron chi connectivity index (χ2n) is 6.55. The van der Waals surface area contributed by atoms with Gasteiger partial charge < -0.3 is 19.4 Å². The molecule has 0 saturated carbocycles. The molecule has 2 aromatic rings. The highest BCUT2D eigenvalue weighted by Crippen LogP contribution is 2.23. The van der Waals surface area contributed by atoms with Crippen molar-refractivity contribution in [2.45, 2.75) is 39.1 Å². The van der Waals surface area contributed by atoms with E-state index in [9.17, 15) is 9.90 Å². The van der Waals surface area contributed by atoms with Crippen LogP contribution in [-0.4, -0.2) is 36.6 Å². The first-order valence-corrected chi connectivity index (χ1v) is 9.70. The Kier molecular flexibility index (Phi) is 8.76. The van der Waals surface area contributed by atoms with E-state index in [1.165, 1.54) is 6.21 Å². The molecular weight excluding hydrogens is 417 g/mol. The standard InChI is InChI=1S/C21H23Cl2NO5/c1-13(2)29-20(21(25)26)10-14-5-7-19(27-3)16(8-14)11-24-28-12-15-4-6-17(22)18(23)9-15/h4-9,11,13,20H,10,12H2,1-3H3,(H,25,26). The number of hydrogen-bond acceptors (Lipinski definition) is 5. The quantitative estimate of drug-likeness (QED) is 0.417. The van der Waals surface area contributed by atoms with Crippen LogP contribution in [0.4, 0.5) is 0 Å². The second kappa shape index (κ2) is 11.0. The normalized spacial score (nSPS) is 12.3. The summed E-state index contributed by atoms with van der Waals surface area (Å²) in [5.74, 6) is -0.415. The molecule has 0 aliphatic carbocycles. The Labute approximate surface area is 180 Å². The van der Waals surface area contributed by atoms with Crippen molar-refractivity contribution in [2.24, 2.45) is 5.16 Å². The maximum atomic E-state index is 11.4. The number of carboxylic acids is 1. The number of nitrogens with zero attached hydrogens (tertiary/aromatic N) is 1. The molecule has 0 aliphatic rings. The summed E-state index contributed by atoms with van der Waals surface area (Å²) in [5, 5.41) is 14.3. The minimum absolute atomic E-state index is 0.190. The van der Waals surface area contributed by atoms with E-state index in [1.54, 1.807) is 57.4 Å². The smallest absolute Gasteiger partial charge is 0.333 e. The number of methoxy groups -OCH3 is 1. The Morgan fingerprint density at radius 2 is 1.86 bits per heavy atom. The van der Waals surface area contributed by atoms with Gasteiger partial charge in [0.25, 0.3) is 0 Å². The molecule has 2 aromatic carbocycles. The van der Waals surface area contributed by atoms with Crippen molar-refractivity contribution in [3.8, 4) is 5.75 Å². The first-order valence-electron chi connectivity index (χ1n) is 8.94. The molecule has 8 heteroatoms. The predicted molar refractivity (Wildman–Crippen MR) is 113 cm³/mol. The molecule has 1 N–H and O–H groups in total. The third kappa shape index (κ3) is 7.24. The van der Waals surface area contributed by atoms with Crippen molar-refractivity contribution in [1.82, 2.24) is 0 Å². The Morgan fingerprint density at radius 3 is 2.48 bits per heavy atom. The molecule has 0 spiro atoms. The highest BCUT2D eigenvalue weighted by atomic mass is 35.5. The number of carbonyl (C=O) groups is 1. The molecular formula is C21H23Cl2NO5. The summed E-state index contributed by atoms with van der Waals surface area (Å²) in [5.41, 5.74) is 2.27. The SMILES string of the molecule is COc1ccc(CC(OC(C)C)C(=O)O)cc1C=NOCc1ccc(Cl)c(Cl)c1. The van der Waals surface area contributed by atoms with Crippen molar-refractivity contribution in [2.75, 3.05) is 7.11 Å². The molecule has 0 bridgehead atoms. The van der Waals surface area contributed by atoms with Crippen molar-refractivity contribution in [3.05, 3.63) is 63.1 Å². The van der Waals surface area contributed by atoms with Crippen LogP contribution in [0.1, 0.15) is 30.5 Å². The van der Waals surface area contributed by atoms with Crippen LogP contribution in [-0.2, 0) is 27.4 Å². The lowest BCUT2D eigenvalue weighted by molar-refractivity contribution is -0.153. The van der Waals surface area contributed by atoms with Crippen LogP contribution < -0.4 is 4.74 Å². The van der Waals surface area contributed by atoms with Crippen molar-refractivity contribution >= 4 is 35.4 Å². The topological polar surface area (TPSA) is 77.4 Å². The average molecular weight is 440 g/mol. The third-order valence-corrected chi connectivity index (χ3v) is 4.65. The summed E-state index contributed by atoms with van der Waals surface area (Å²) in [6.07, 6.45) is 0.616. The largest absolute Gasteiger partial charge is 0.496 e. The predicted octanol–water partition coefficient (Wildman–Crippen LogP) is 4.97. The molecule has 0 aliphatic heterocycles. The number of oxime groups is 1. The minimum atomic E-state index is -1.00. The number of carboxylic acid groups (broad SMARTS) is 1. The summed E-state index contributed by atoms with van der Waals surface area (Å²) in [7, 11) is 1.55. The van der Waals surface area contributed by atoms with Gasteiger partial charge in [-0.15, -0.1) is 0 Å². The number of ether oxygens (including phenoxy) is 2. The summed E-state index contributed by atoms with van der Waals surface area (Å²) >= 11 is 11.9. The summed E-state index contributed by atoms with van der Waals surface area (Å²) in [6, 6.07) is 10.5. The van der Waals surface area contributed by atoms with Crippen LogP contribution in [0, 0.1) is 0 Å². The molecule has 0 fully saturated rings. The minimum Gasteiger partial charge on any atom is -0.496 e. The second-order valence-corrected chi connectivity index (χ2v) is 7.36.